The monoisotopic (exact) mass is 294 g/mol. The van der Waals surface area contributed by atoms with Crippen LogP contribution in [0.25, 0.3) is 0 Å². The molecular weight excluding hydrogens is 283 g/mol. The van der Waals surface area contributed by atoms with Gasteiger partial charge in [0.2, 0.25) is 0 Å². The largest absolute Gasteiger partial charge is 0.388 e. The van der Waals surface area contributed by atoms with Gasteiger partial charge in [0.05, 0.1) is 17.1 Å². The van der Waals surface area contributed by atoms with Crippen molar-refractivity contribution in [3.63, 3.8) is 0 Å². The first-order valence-electron chi connectivity index (χ1n) is 5.16. The first-order chi connectivity index (χ1) is 7.80. The lowest BCUT2D eigenvalue weighted by molar-refractivity contribution is 0.0682. The van der Waals surface area contributed by atoms with Gasteiger partial charge in [0.1, 0.15) is 0 Å². The fourth-order valence-corrected chi connectivity index (χ4v) is 4.35. The number of aliphatic hydroxyl groups is 1. The molecule has 0 amide bonds. The summed E-state index contributed by atoms with van der Waals surface area (Å²) in [7, 11) is -3.12. The van der Waals surface area contributed by atoms with Crippen LogP contribution >= 0.6 is 23.2 Å². The topological polar surface area (TPSA) is 54.4 Å². The fraction of sp³-hybridized carbons (Fsp3) is 0.455. The fourth-order valence-electron chi connectivity index (χ4n) is 2.07. The lowest BCUT2D eigenvalue weighted by Gasteiger charge is -2.21. The molecule has 0 radical (unpaired) electrons. The van der Waals surface area contributed by atoms with Crippen LogP contribution in [0, 0.1) is 0 Å². The van der Waals surface area contributed by atoms with Gasteiger partial charge in [-0.2, -0.15) is 0 Å². The van der Waals surface area contributed by atoms with Crippen molar-refractivity contribution >= 4 is 33.0 Å². The third-order valence-electron chi connectivity index (χ3n) is 2.89. The van der Waals surface area contributed by atoms with Crippen molar-refractivity contribution in [2.75, 3.05) is 11.5 Å². The molecular formula is C11H12Cl2O3S. The molecule has 1 aliphatic rings. The highest BCUT2D eigenvalue weighted by atomic mass is 35.5. The van der Waals surface area contributed by atoms with Crippen molar-refractivity contribution in [1.82, 2.24) is 0 Å². The van der Waals surface area contributed by atoms with Crippen molar-refractivity contribution in [3.05, 3.63) is 33.8 Å². The maximum Gasteiger partial charge on any atom is 0.153 e. The molecule has 3 nitrogen and oxygen atoms in total. The zero-order valence-electron chi connectivity index (χ0n) is 8.99. The lowest BCUT2D eigenvalue weighted by atomic mass is 9.94. The van der Waals surface area contributed by atoms with Crippen molar-refractivity contribution in [2.45, 2.75) is 18.4 Å². The summed E-state index contributed by atoms with van der Waals surface area (Å²) in [6.45, 7) is 0. The summed E-state index contributed by atoms with van der Waals surface area (Å²) < 4.78 is 22.7. The van der Waals surface area contributed by atoms with Gasteiger partial charge in [-0.3, -0.25) is 0 Å². The molecule has 1 aromatic carbocycles. The number of sulfone groups is 1. The minimum atomic E-state index is -3.12. The standard InChI is InChI=1S/C11H12Cl2O3S/c12-9-1-2-10(13)8(5-9)6-11(14)3-4-17(15,16)7-11/h1-2,5,14H,3-4,6-7H2. The number of halogens is 2. The third kappa shape index (κ3) is 3.13. The molecule has 6 heteroatoms. The highest BCUT2D eigenvalue weighted by Crippen LogP contribution is 2.31. The van der Waals surface area contributed by atoms with Crippen molar-refractivity contribution in [2.24, 2.45) is 0 Å². The zero-order chi connectivity index (χ0) is 12.7. The Balaban J connectivity index is 2.24. The predicted molar refractivity (Wildman–Crippen MR) is 68.4 cm³/mol. The molecule has 2 rings (SSSR count). The van der Waals surface area contributed by atoms with Crippen LogP contribution in [0.5, 0.6) is 0 Å². The normalized spacial score (nSPS) is 27.2. The summed E-state index contributed by atoms with van der Waals surface area (Å²) in [5.41, 5.74) is -0.536. The van der Waals surface area contributed by atoms with Gasteiger partial charge in [-0.05, 0) is 30.2 Å². The van der Waals surface area contributed by atoms with E-state index in [0.717, 1.165) is 0 Å². The molecule has 17 heavy (non-hydrogen) atoms. The van der Waals surface area contributed by atoms with E-state index in [1.165, 1.54) is 0 Å². The Bertz CT molecular complexity index is 542. The van der Waals surface area contributed by atoms with Gasteiger partial charge < -0.3 is 5.11 Å². The average Bonchev–Trinajstić information content (AvgIpc) is 2.47. The minimum Gasteiger partial charge on any atom is -0.388 e. The van der Waals surface area contributed by atoms with Crippen LogP contribution in [0.3, 0.4) is 0 Å². The molecule has 1 atom stereocenters. The second-order valence-electron chi connectivity index (χ2n) is 4.48. The summed E-state index contributed by atoms with van der Waals surface area (Å²) in [5, 5.41) is 11.2. The minimum absolute atomic E-state index is 0.0294. The van der Waals surface area contributed by atoms with E-state index in [0.29, 0.717) is 15.6 Å². The van der Waals surface area contributed by atoms with E-state index in [1.807, 2.05) is 0 Å². The molecule has 0 bridgehead atoms. The van der Waals surface area contributed by atoms with E-state index in [1.54, 1.807) is 18.2 Å². The molecule has 0 spiro atoms. The van der Waals surface area contributed by atoms with Gasteiger partial charge >= 0.3 is 0 Å². The molecule has 1 aliphatic heterocycles. The van der Waals surface area contributed by atoms with Crippen molar-refractivity contribution in [1.29, 1.82) is 0 Å². The molecule has 0 aromatic heterocycles. The van der Waals surface area contributed by atoms with E-state index in [-0.39, 0.29) is 24.3 Å². The third-order valence-corrected chi connectivity index (χ3v) is 5.30. The SMILES string of the molecule is O=S1(=O)CCC(O)(Cc2cc(Cl)ccc2Cl)C1. The zero-order valence-corrected chi connectivity index (χ0v) is 11.3. The first-order valence-corrected chi connectivity index (χ1v) is 7.74. The van der Waals surface area contributed by atoms with Gasteiger partial charge in [0.25, 0.3) is 0 Å². The van der Waals surface area contributed by atoms with Crippen LogP contribution in [-0.2, 0) is 16.3 Å². The van der Waals surface area contributed by atoms with Gasteiger partial charge in [0, 0.05) is 16.5 Å². The lowest BCUT2D eigenvalue weighted by Crippen LogP contribution is -2.32. The summed E-state index contributed by atoms with van der Waals surface area (Å²) in [6, 6.07) is 4.96. The number of rotatable bonds is 2. The van der Waals surface area contributed by atoms with Crippen LogP contribution in [0.4, 0.5) is 0 Å². The molecule has 1 aromatic rings. The summed E-state index contributed by atoms with van der Waals surface area (Å²) in [4.78, 5) is 0. The first kappa shape index (κ1) is 13.1. The van der Waals surface area contributed by atoms with Crippen LogP contribution in [0.15, 0.2) is 18.2 Å². The van der Waals surface area contributed by atoms with Gasteiger partial charge in [-0.25, -0.2) is 8.42 Å². The maximum absolute atomic E-state index is 11.4. The van der Waals surface area contributed by atoms with Crippen LogP contribution < -0.4 is 0 Å². The van der Waals surface area contributed by atoms with Gasteiger partial charge in [-0.1, -0.05) is 23.2 Å². The Morgan fingerprint density at radius 1 is 1.35 bits per heavy atom. The summed E-state index contributed by atoms with van der Waals surface area (Å²) in [5.74, 6) is -0.176. The molecule has 0 aliphatic carbocycles. The van der Waals surface area contributed by atoms with E-state index in [2.05, 4.69) is 0 Å². The molecule has 1 fully saturated rings. The molecule has 1 saturated heterocycles. The molecule has 1 unspecified atom stereocenters. The second-order valence-corrected chi connectivity index (χ2v) is 7.51. The highest BCUT2D eigenvalue weighted by Gasteiger charge is 2.40. The number of benzene rings is 1. The van der Waals surface area contributed by atoms with Crippen LogP contribution in [0.2, 0.25) is 10.0 Å². The smallest absolute Gasteiger partial charge is 0.153 e. The van der Waals surface area contributed by atoms with Crippen molar-refractivity contribution < 1.29 is 13.5 Å². The molecule has 1 heterocycles. The maximum atomic E-state index is 11.4. The molecule has 0 saturated carbocycles. The van der Waals surface area contributed by atoms with Crippen molar-refractivity contribution in [3.8, 4) is 0 Å². The number of hydrogen-bond acceptors (Lipinski definition) is 3. The molecule has 1 N–H and O–H groups in total. The van der Waals surface area contributed by atoms with Gasteiger partial charge in [-0.15, -0.1) is 0 Å². The van der Waals surface area contributed by atoms with E-state index >= 15 is 0 Å². The molecule has 94 valence electrons. The Labute approximate surface area is 110 Å². The Morgan fingerprint density at radius 2 is 2.06 bits per heavy atom. The van der Waals surface area contributed by atoms with E-state index < -0.39 is 15.4 Å². The van der Waals surface area contributed by atoms with Gasteiger partial charge in [0.15, 0.2) is 9.84 Å². The van der Waals surface area contributed by atoms with E-state index in [4.69, 9.17) is 23.2 Å². The predicted octanol–water partition coefficient (Wildman–Crippen LogP) is 2.09. The Hall–Kier alpha value is -0.290. The average molecular weight is 295 g/mol. The quantitative estimate of drug-likeness (QED) is 0.909. The van der Waals surface area contributed by atoms with E-state index in [9.17, 15) is 13.5 Å². The second kappa shape index (κ2) is 4.43. The van der Waals surface area contributed by atoms with Crippen LogP contribution in [0.1, 0.15) is 12.0 Å². The number of hydrogen-bond donors (Lipinski definition) is 1. The Kier molecular flexibility index (Phi) is 3.42. The van der Waals surface area contributed by atoms with Crippen LogP contribution in [-0.4, -0.2) is 30.6 Å². The summed E-state index contributed by atoms with van der Waals surface area (Å²) >= 11 is 11.8. The summed E-state index contributed by atoms with van der Waals surface area (Å²) in [6.07, 6.45) is 0.462. The Morgan fingerprint density at radius 3 is 2.65 bits per heavy atom. The highest BCUT2D eigenvalue weighted by molar-refractivity contribution is 7.91.